The van der Waals surface area contributed by atoms with Crippen LogP contribution >= 0.6 is 0 Å². The highest BCUT2D eigenvalue weighted by Gasteiger charge is 2.33. The normalized spacial score (nSPS) is 17.1. The molecule has 0 radical (unpaired) electrons. The first-order valence-electron chi connectivity index (χ1n) is 14.3. The van der Waals surface area contributed by atoms with Gasteiger partial charge in [-0.3, -0.25) is 4.79 Å². The van der Waals surface area contributed by atoms with Gasteiger partial charge in [-0.15, -0.1) is 0 Å². The predicted molar refractivity (Wildman–Crippen MR) is 152 cm³/mol. The van der Waals surface area contributed by atoms with Gasteiger partial charge in [-0.2, -0.15) is 5.10 Å². The summed E-state index contributed by atoms with van der Waals surface area (Å²) in [5, 5.41) is 7.87. The number of carbonyl (C=O) groups is 3. The maximum Gasteiger partial charge on any atom is 0.410 e. The van der Waals surface area contributed by atoms with E-state index in [-0.39, 0.29) is 30.1 Å². The summed E-state index contributed by atoms with van der Waals surface area (Å²) in [4.78, 5) is 41.8. The Hall–Kier alpha value is -3.56. The third-order valence-corrected chi connectivity index (χ3v) is 7.68. The average molecular weight is 554 g/mol. The molecule has 10 nitrogen and oxygen atoms in total. The van der Waals surface area contributed by atoms with Crippen LogP contribution in [0.2, 0.25) is 0 Å². The highest BCUT2D eigenvalue weighted by molar-refractivity contribution is 5.95. The summed E-state index contributed by atoms with van der Waals surface area (Å²) in [6.45, 7) is 14.1. The van der Waals surface area contributed by atoms with E-state index < -0.39 is 5.60 Å². The van der Waals surface area contributed by atoms with Crippen LogP contribution in [-0.2, 0) is 9.47 Å². The molecule has 2 aliphatic heterocycles. The van der Waals surface area contributed by atoms with Gasteiger partial charge in [-0.1, -0.05) is 6.07 Å². The van der Waals surface area contributed by atoms with Crippen molar-refractivity contribution in [3.63, 3.8) is 0 Å². The van der Waals surface area contributed by atoms with Gasteiger partial charge >= 0.3 is 12.2 Å². The maximum absolute atomic E-state index is 13.6. The lowest BCUT2D eigenvalue weighted by molar-refractivity contribution is 0.0203. The number of aryl methyl sites for hydroxylation is 2. The van der Waals surface area contributed by atoms with E-state index in [1.807, 2.05) is 31.5 Å². The van der Waals surface area contributed by atoms with Gasteiger partial charge in [0.25, 0.3) is 5.91 Å². The van der Waals surface area contributed by atoms with E-state index in [4.69, 9.17) is 9.47 Å². The van der Waals surface area contributed by atoms with Crippen molar-refractivity contribution in [2.24, 2.45) is 0 Å². The summed E-state index contributed by atoms with van der Waals surface area (Å²) >= 11 is 0. The standard InChI is InChI=1S/C30H43N5O5/c1-7-39-28(37)33-16-12-23(13-17-33)32-27(36)25-19-31-35(24-9-8-20(2)21(3)18-24)26(25)22-10-14-34(15-11-22)29(38)40-30(4,5)6/h8-9,18-19,22-23H,7,10-17H2,1-6H3,(H,32,36). The number of amides is 3. The molecule has 218 valence electrons. The SMILES string of the molecule is CCOC(=O)N1CCC(NC(=O)c2cnn(-c3ccc(C)c(C)c3)c2C2CCN(C(=O)OC(C)(C)C)CC2)CC1. The molecule has 10 heteroatoms. The first kappa shape index (κ1) is 29.4. The minimum Gasteiger partial charge on any atom is -0.450 e. The Morgan fingerprint density at radius 2 is 1.57 bits per heavy atom. The van der Waals surface area contributed by atoms with Crippen molar-refractivity contribution in [1.82, 2.24) is 24.9 Å². The Morgan fingerprint density at radius 3 is 2.17 bits per heavy atom. The Labute approximate surface area is 237 Å². The number of hydrogen-bond donors (Lipinski definition) is 1. The third-order valence-electron chi connectivity index (χ3n) is 7.68. The second-order valence-corrected chi connectivity index (χ2v) is 11.8. The van der Waals surface area contributed by atoms with Crippen LogP contribution in [0, 0.1) is 13.8 Å². The summed E-state index contributed by atoms with van der Waals surface area (Å²) in [5.41, 5.74) is 4.13. The predicted octanol–water partition coefficient (Wildman–Crippen LogP) is 4.95. The van der Waals surface area contributed by atoms with E-state index in [0.29, 0.717) is 64.0 Å². The molecule has 0 atom stereocenters. The van der Waals surface area contributed by atoms with E-state index in [1.165, 1.54) is 5.56 Å². The Balaban J connectivity index is 1.53. The molecule has 2 aromatic rings. The molecule has 3 heterocycles. The lowest BCUT2D eigenvalue weighted by Crippen LogP contribution is -2.47. The minimum atomic E-state index is -0.548. The molecule has 40 heavy (non-hydrogen) atoms. The Morgan fingerprint density at radius 1 is 0.950 bits per heavy atom. The van der Waals surface area contributed by atoms with Crippen molar-refractivity contribution in [3.05, 3.63) is 46.8 Å². The minimum absolute atomic E-state index is 0.0370. The first-order valence-corrected chi connectivity index (χ1v) is 14.3. The fourth-order valence-corrected chi connectivity index (χ4v) is 5.34. The molecule has 2 saturated heterocycles. The molecule has 0 spiro atoms. The van der Waals surface area contributed by atoms with Crippen LogP contribution in [0.1, 0.15) is 86.5 Å². The van der Waals surface area contributed by atoms with E-state index in [9.17, 15) is 14.4 Å². The number of piperidine rings is 2. The maximum atomic E-state index is 13.6. The summed E-state index contributed by atoms with van der Waals surface area (Å²) in [7, 11) is 0. The molecular weight excluding hydrogens is 510 g/mol. The molecule has 1 N–H and O–H groups in total. The van der Waals surface area contributed by atoms with Crippen molar-refractivity contribution in [3.8, 4) is 5.69 Å². The summed E-state index contributed by atoms with van der Waals surface area (Å²) in [6, 6.07) is 6.15. The van der Waals surface area contributed by atoms with Crippen molar-refractivity contribution >= 4 is 18.1 Å². The van der Waals surface area contributed by atoms with Crippen LogP contribution in [0.4, 0.5) is 9.59 Å². The van der Waals surface area contributed by atoms with Gasteiger partial charge in [0.2, 0.25) is 0 Å². The van der Waals surface area contributed by atoms with Crippen LogP contribution in [0.15, 0.2) is 24.4 Å². The molecule has 2 aliphatic rings. The number of nitrogens with zero attached hydrogens (tertiary/aromatic N) is 4. The monoisotopic (exact) mass is 553 g/mol. The zero-order valence-electron chi connectivity index (χ0n) is 24.7. The smallest absolute Gasteiger partial charge is 0.410 e. The van der Waals surface area contributed by atoms with Crippen LogP contribution in [0.5, 0.6) is 0 Å². The van der Waals surface area contributed by atoms with Crippen LogP contribution < -0.4 is 5.32 Å². The fraction of sp³-hybridized carbons (Fsp3) is 0.600. The van der Waals surface area contributed by atoms with Gasteiger partial charge in [0.15, 0.2) is 0 Å². The number of hydrogen-bond acceptors (Lipinski definition) is 6. The van der Waals surface area contributed by atoms with E-state index in [0.717, 1.165) is 16.9 Å². The molecule has 0 bridgehead atoms. The number of rotatable bonds is 5. The summed E-state index contributed by atoms with van der Waals surface area (Å²) in [6.07, 6.45) is 3.79. The highest BCUT2D eigenvalue weighted by Crippen LogP contribution is 2.33. The largest absolute Gasteiger partial charge is 0.450 e. The second-order valence-electron chi connectivity index (χ2n) is 11.8. The molecule has 1 aromatic heterocycles. The van der Waals surface area contributed by atoms with Gasteiger partial charge in [-0.05, 0) is 90.5 Å². The van der Waals surface area contributed by atoms with E-state index >= 15 is 0 Å². The molecule has 1 aromatic carbocycles. The second kappa shape index (κ2) is 12.3. The number of carbonyl (C=O) groups excluding carboxylic acids is 3. The summed E-state index contributed by atoms with van der Waals surface area (Å²) < 4.78 is 12.6. The molecule has 0 aliphatic carbocycles. The number of benzene rings is 1. The number of ether oxygens (including phenoxy) is 2. The zero-order valence-corrected chi connectivity index (χ0v) is 24.7. The van der Waals surface area contributed by atoms with Gasteiger partial charge in [0.05, 0.1) is 29.7 Å². The zero-order chi connectivity index (χ0) is 29.0. The Kier molecular flexibility index (Phi) is 9.05. The Bertz CT molecular complexity index is 1220. The van der Waals surface area contributed by atoms with Crippen LogP contribution in [-0.4, -0.2) is 82.1 Å². The van der Waals surface area contributed by atoms with Crippen molar-refractivity contribution in [2.45, 2.75) is 84.8 Å². The van der Waals surface area contributed by atoms with E-state index in [2.05, 4.69) is 36.4 Å². The van der Waals surface area contributed by atoms with Crippen molar-refractivity contribution in [2.75, 3.05) is 32.8 Å². The van der Waals surface area contributed by atoms with E-state index in [1.54, 1.807) is 22.9 Å². The van der Waals surface area contributed by atoms with Crippen LogP contribution in [0.3, 0.4) is 0 Å². The average Bonchev–Trinajstić information content (AvgIpc) is 3.35. The van der Waals surface area contributed by atoms with Gasteiger partial charge in [0, 0.05) is 38.1 Å². The molecule has 3 amide bonds. The molecule has 4 rings (SSSR count). The fourth-order valence-electron chi connectivity index (χ4n) is 5.34. The number of aromatic nitrogens is 2. The third kappa shape index (κ3) is 6.95. The highest BCUT2D eigenvalue weighted by atomic mass is 16.6. The molecule has 0 saturated carbocycles. The lowest BCUT2D eigenvalue weighted by atomic mass is 9.90. The first-order chi connectivity index (χ1) is 19.0. The van der Waals surface area contributed by atoms with Gasteiger partial charge < -0.3 is 24.6 Å². The number of nitrogens with one attached hydrogen (secondary N) is 1. The van der Waals surface area contributed by atoms with Crippen molar-refractivity contribution < 1.29 is 23.9 Å². The summed E-state index contributed by atoms with van der Waals surface area (Å²) in [5.74, 6) is -0.108. The molecule has 2 fully saturated rings. The quantitative estimate of drug-likeness (QED) is 0.561. The number of likely N-dealkylation sites (tertiary alicyclic amines) is 2. The van der Waals surface area contributed by atoms with Gasteiger partial charge in [0.1, 0.15) is 5.60 Å². The topological polar surface area (TPSA) is 106 Å². The molecule has 0 unspecified atom stereocenters. The lowest BCUT2D eigenvalue weighted by Gasteiger charge is -2.34. The molecular formula is C30H43N5O5. The van der Waals surface area contributed by atoms with Gasteiger partial charge in [-0.25, -0.2) is 14.3 Å². The van der Waals surface area contributed by atoms with Crippen LogP contribution in [0.25, 0.3) is 5.69 Å². The van der Waals surface area contributed by atoms with Crippen molar-refractivity contribution in [1.29, 1.82) is 0 Å².